The van der Waals surface area contributed by atoms with Gasteiger partial charge in [0.05, 0.1) is 0 Å². The predicted octanol–water partition coefficient (Wildman–Crippen LogP) is 3.78. The number of hydrogen-bond acceptors (Lipinski definition) is 1. The molecule has 0 atom stereocenters. The third-order valence-electron chi connectivity index (χ3n) is 1.43. The van der Waals surface area contributed by atoms with Gasteiger partial charge in [0.25, 0.3) is 0 Å². The minimum Gasteiger partial charge on any atom is -0.221 e. The molecule has 0 aromatic carbocycles. The zero-order chi connectivity index (χ0) is 10.0. The van der Waals surface area contributed by atoms with Crippen LogP contribution >= 0.6 is 34.8 Å². The van der Waals surface area contributed by atoms with E-state index in [1.54, 1.807) is 0 Å². The number of nitrogens with zero attached hydrogens (tertiary/aromatic N) is 1. The first kappa shape index (κ1) is 10.8. The topological polar surface area (TPSA) is 12.9 Å². The van der Waals surface area contributed by atoms with E-state index in [1.165, 1.54) is 6.07 Å². The summed E-state index contributed by atoms with van der Waals surface area (Å²) in [6.07, 6.45) is 0. The highest BCUT2D eigenvalue weighted by Gasteiger charge is 2.10. The quantitative estimate of drug-likeness (QED) is 0.566. The lowest BCUT2D eigenvalue weighted by atomic mass is 10.1. The Morgan fingerprint density at radius 1 is 1.46 bits per heavy atom. The zero-order valence-electron chi connectivity index (χ0n) is 6.45. The summed E-state index contributed by atoms with van der Waals surface area (Å²) >= 11 is 16.6. The van der Waals surface area contributed by atoms with Crippen LogP contribution in [0, 0.1) is 5.82 Å². The maximum Gasteiger partial charge on any atom is 0.166 e. The molecule has 0 spiro atoms. The number of allylic oxidation sites excluding steroid dienone is 1. The third kappa shape index (κ3) is 2.33. The van der Waals surface area contributed by atoms with E-state index in [1.807, 2.05) is 0 Å². The van der Waals surface area contributed by atoms with Gasteiger partial charge in [0.1, 0.15) is 5.15 Å². The summed E-state index contributed by atoms with van der Waals surface area (Å²) in [5.74, 6) is -0.463. The Kier molecular flexibility index (Phi) is 3.54. The molecule has 0 amide bonds. The summed E-state index contributed by atoms with van der Waals surface area (Å²) in [5.41, 5.74) is 0.897. The van der Waals surface area contributed by atoms with Crippen LogP contribution in [0.25, 0.3) is 5.57 Å². The normalized spacial score (nSPS) is 10.2. The number of halogens is 4. The van der Waals surface area contributed by atoms with Gasteiger partial charge in [0.15, 0.2) is 11.0 Å². The van der Waals surface area contributed by atoms with Gasteiger partial charge in [-0.1, -0.05) is 29.8 Å². The minimum absolute atomic E-state index is 0.108. The fraction of sp³-hybridized carbons (Fsp3) is 0.125. The second-order valence-corrected chi connectivity index (χ2v) is 3.32. The number of hydrogen-bond donors (Lipinski definition) is 0. The molecule has 5 heteroatoms. The molecule has 1 aromatic heterocycles. The van der Waals surface area contributed by atoms with Gasteiger partial charge in [-0.05, 0) is 11.6 Å². The van der Waals surface area contributed by atoms with Crippen molar-refractivity contribution in [3.8, 4) is 0 Å². The second kappa shape index (κ2) is 4.27. The van der Waals surface area contributed by atoms with Gasteiger partial charge in [-0.25, -0.2) is 9.37 Å². The zero-order valence-corrected chi connectivity index (χ0v) is 8.72. The maximum atomic E-state index is 12.9. The Labute approximate surface area is 90.1 Å². The highest BCUT2D eigenvalue weighted by molar-refractivity contribution is 6.34. The van der Waals surface area contributed by atoms with Crippen LogP contribution in [0.15, 0.2) is 12.6 Å². The second-order valence-electron chi connectivity index (χ2n) is 2.34. The van der Waals surface area contributed by atoms with Crippen molar-refractivity contribution >= 4 is 40.4 Å². The lowest BCUT2D eigenvalue weighted by molar-refractivity contribution is 0.621. The molecule has 0 aliphatic carbocycles. The van der Waals surface area contributed by atoms with E-state index in [9.17, 15) is 4.39 Å². The first-order chi connectivity index (χ1) is 6.06. The van der Waals surface area contributed by atoms with Gasteiger partial charge in [0, 0.05) is 11.4 Å². The molecule has 1 nitrogen and oxygen atoms in total. The van der Waals surface area contributed by atoms with Crippen molar-refractivity contribution in [2.75, 3.05) is 5.88 Å². The van der Waals surface area contributed by atoms with Crippen LogP contribution in [-0.2, 0) is 0 Å². The van der Waals surface area contributed by atoms with Crippen molar-refractivity contribution in [3.05, 3.63) is 34.3 Å². The lowest BCUT2D eigenvalue weighted by Crippen LogP contribution is -1.92. The molecule has 1 heterocycles. The van der Waals surface area contributed by atoms with Gasteiger partial charge in [-0.15, -0.1) is 11.6 Å². The number of pyridine rings is 1. The van der Waals surface area contributed by atoms with E-state index in [0.29, 0.717) is 11.1 Å². The molecule has 0 N–H and O–H groups in total. The highest BCUT2D eigenvalue weighted by Crippen LogP contribution is 2.25. The van der Waals surface area contributed by atoms with Gasteiger partial charge in [0.2, 0.25) is 0 Å². The third-order valence-corrected chi connectivity index (χ3v) is 2.30. The first-order valence-electron chi connectivity index (χ1n) is 3.32. The lowest BCUT2D eigenvalue weighted by Gasteiger charge is -2.04. The van der Waals surface area contributed by atoms with Gasteiger partial charge in [-0.2, -0.15) is 0 Å². The molecule has 1 aromatic rings. The molecule has 0 aliphatic rings. The molecule has 0 bridgehead atoms. The summed E-state index contributed by atoms with van der Waals surface area (Å²) in [6.45, 7) is 3.61. The predicted molar refractivity (Wildman–Crippen MR) is 54.0 cm³/mol. The molecule has 1 rings (SSSR count). The van der Waals surface area contributed by atoms with Crippen molar-refractivity contribution in [3.63, 3.8) is 0 Å². The Hall–Kier alpha value is -0.310. The van der Waals surface area contributed by atoms with Gasteiger partial charge >= 0.3 is 0 Å². The standard InChI is InChI=1S/C8H5Cl3FN/c1-4(3-9)5-2-6(12)8(11)13-7(5)10/h2H,1,3H2. The van der Waals surface area contributed by atoms with Crippen LogP contribution in [-0.4, -0.2) is 10.9 Å². The number of rotatable bonds is 2. The molecule has 0 saturated heterocycles. The number of alkyl halides is 1. The molecule has 0 fully saturated rings. The van der Waals surface area contributed by atoms with E-state index in [0.717, 1.165) is 0 Å². The molecule has 0 unspecified atom stereocenters. The molecule has 70 valence electrons. The molecule has 13 heavy (non-hydrogen) atoms. The monoisotopic (exact) mass is 239 g/mol. The van der Waals surface area contributed by atoms with E-state index in [2.05, 4.69) is 11.6 Å². The van der Waals surface area contributed by atoms with E-state index >= 15 is 0 Å². The first-order valence-corrected chi connectivity index (χ1v) is 4.61. The Morgan fingerprint density at radius 2 is 2.08 bits per heavy atom. The van der Waals surface area contributed by atoms with Crippen LogP contribution in [0.4, 0.5) is 4.39 Å². The van der Waals surface area contributed by atoms with Gasteiger partial charge < -0.3 is 0 Å². The van der Waals surface area contributed by atoms with E-state index < -0.39 is 5.82 Å². The molecule has 0 saturated carbocycles. The van der Waals surface area contributed by atoms with Crippen LogP contribution in [0.1, 0.15) is 5.56 Å². The fourth-order valence-corrected chi connectivity index (χ4v) is 1.36. The minimum atomic E-state index is -0.632. The van der Waals surface area contributed by atoms with Crippen molar-refractivity contribution in [2.45, 2.75) is 0 Å². The van der Waals surface area contributed by atoms with E-state index in [-0.39, 0.29) is 16.2 Å². The molecular formula is C8H5Cl3FN. The van der Waals surface area contributed by atoms with Crippen molar-refractivity contribution in [1.29, 1.82) is 0 Å². The van der Waals surface area contributed by atoms with Crippen LogP contribution in [0.5, 0.6) is 0 Å². The van der Waals surface area contributed by atoms with Crippen molar-refractivity contribution in [1.82, 2.24) is 4.98 Å². The van der Waals surface area contributed by atoms with Crippen molar-refractivity contribution < 1.29 is 4.39 Å². The van der Waals surface area contributed by atoms with E-state index in [4.69, 9.17) is 34.8 Å². The van der Waals surface area contributed by atoms with Crippen LogP contribution in [0.3, 0.4) is 0 Å². The smallest absolute Gasteiger partial charge is 0.166 e. The Bertz CT molecular complexity index is 351. The fourth-order valence-electron chi connectivity index (χ4n) is 0.766. The molecule has 0 aliphatic heterocycles. The molecular weight excluding hydrogens is 235 g/mol. The average molecular weight is 240 g/mol. The van der Waals surface area contributed by atoms with Crippen LogP contribution in [0.2, 0.25) is 10.3 Å². The Morgan fingerprint density at radius 3 is 2.62 bits per heavy atom. The van der Waals surface area contributed by atoms with Crippen molar-refractivity contribution in [2.24, 2.45) is 0 Å². The number of aromatic nitrogens is 1. The maximum absolute atomic E-state index is 12.9. The summed E-state index contributed by atoms with van der Waals surface area (Å²) in [4.78, 5) is 3.58. The highest BCUT2D eigenvalue weighted by atomic mass is 35.5. The Balaban J connectivity index is 3.23. The summed E-state index contributed by atoms with van der Waals surface area (Å²) < 4.78 is 12.9. The summed E-state index contributed by atoms with van der Waals surface area (Å²) in [6, 6.07) is 1.17. The van der Waals surface area contributed by atoms with Gasteiger partial charge in [-0.3, -0.25) is 0 Å². The average Bonchev–Trinajstić information content (AvgIpc) is 2.10. The largest absolute Gasteiger partial charge is 0.221 e. The molecule has 0 radical (unpaired) electrons. The van der Waals surface area contributed by atoms with Crippen LogP contribution < -0.4 is 0 Å². The summed E-state index contributed by atoms with van der Waals surface area (Å²) in [7, 11) is 0. The SMILES string of the molecule is C=C(CCl)c1cc(F)c(Cl)nc1Cl. The summed E-state index contributed by atoms with van der Waals surface area (Å²) in [5, 5.41) is -0.145.